The van der Waals surface area contributed by atoms with Crippen LogP contribution in [0.1, 0.15) is 113 Å². The quantitative estimate of drug-likeness (QED) is 0.0769. The first-order chi connectivity index (χ1) is 27.2. The second-order valence-electron chi connectivity index (χ2n) is 14.8. The van der Waals surface area contributed by atoms with Crippen LogP contribution >= 0.6 is 0 Å². The van der Waals surface area contributed by atoms with E-state index in [2.05, 4.69) is 39.4 Å². The van der Waals surface area contributed by atoms with Gasteiger partial charge in [-0.3, -0.25) is 24.0 Å². The minimum absolute atomic E-state index is 0.161. The predicted molar refractivity (Wildman–Crippen MR) is 214 cm³/mol. The van der Waals surface area contributed by atoms with Crippen LogP contribution in [-0.2, 0) is 22.7 Å². The summed E-state index contributed by atoms with van der Waals surface area (Å²) in [5, 5.41) is 11.3. The number of amides is 3. The molecule has 5 heterocycles. The van der Waals surface area contributed by atoms with Gasteiger partial charge in [0, 0.05) is 61.3 Å². The van der Waals surface area contributed by atoms with E-state index < -0.39 is 6.04 Å². The molecule has 56 heavy (non-hydrogen) atoms. The van der Waals surface area contributed by atoms with Crippen molar-refractivity contribution >= 4 is 46.4 Å². The Morgan fingerprint density at radius 2 is 1.93 bits per heavy atom. The Hall–Kier alpha value is -5.87. The van der Waals surface area contributed by atoms with Crippen molar-refractivity contribution in [3.63, 3.8) is 0 Å². The minimum Gasteiger partial charge on any atom is -0.359 e. The van der Waals surface area contributed by atoms with E-state index in [0.717, 1.165) is 110 Å². The van der Waals surface area contributed by atoms with Crippen molar-refractivity contribution in [3.05, 3.63) is 88.6 Å². The number of benzene rings is 2. The van der Waals surface area contributed by atoms with Crippen molar-refractivity contribution < 1.29 is 19.2 Å². The minimum atomic E-state index is -0.654. The first-order valence-corrected chi connectivity index (χ1v) is 19.6. The first-order valence-electron chi connectivity index (χ1n) is 19.6. The second kappa shape index (κ2) is 17.3. The van der Waals surface area contributed by atoms with Gasteiger partial charge >= 0.3 is 0 Å². The van der Waals surface area contributed by atoms with Gasteiger partial charge in [-0.25, -0.2) is 9.97 Å². The molecule has 1 fully saturated rings. The molecule has 13 heteroatoms. The summed E-state index contributed by atoms with van der Waals surface area (Å²) in [6.07, 6.45) is 14.9. The normalized spacial score (nSPS) is 15.9. The van der Waals surface area contributed by atoms with Gasteiger partial charge in [-0.2, -0.15) is 5.10 Å². The molecule has 2 atom stereocenters. The maximum atomic E-state index is 13.4. The molecule has 5 aromatic rings. The van der Waals surface area contributed by atoms with Gasteiger partial charge in [-0.05, 0) is 82.4 Å². The molecule has 290 valence electrons. The molecule has 0 radical (unpaired) electrons. The van der Waals surface area contributed by atoms with Crippen LogP contribution in [0.4, 0.5) is 5.82 Å². The summed E-state index contributed by atoms with van der Waals surface area (Å²) in [6.45, 7) is 4.14. The number of nitrogens with zero attached hydrogens (tertiary/aromatic N) is 7. The summed E-state index contributed by atoms with van der Waals surface area (Å²) in [5.74, 6) is 6.43. The largest absolute Gasteiger partial charge is 0.359 e. The average molecular weight is 756 g/mol. The van der Waals surface area contributed by atoms with Gasteiger partial charge in [0.25, 0.3) is 11.8 Å². The third-order valence-corrected chi connectivity index (χ3v) is 11.1. The number of carbonyl (C=O) groups is 4. The zero-order chi connectivity index (χ0) is 39.2. The number of nitrogens with one attached hydrogen (secondary N) is 2. The molecule has 7 rings (SSSR count). The maximum Gasteiger partial charge on any atom is 0.256 e. The average Bonchev–Trinajstić information content (AvgIpc) is 3.98. The number of likely N-dealkylation sites (tertiary alicyclic amines) is 1. The summed E-state index contributed by atoms with van der Waals surface area (Å²) >= 11 is 0. The van der Waals surface area contributed by atoms with Crippen molar-refractivity contribution in [2.75, 3.05) is 26.0 Å². The standard InChI is InChI=1S/C43H49N9O4/c1-29-33-19-17-31(42(55)47-39-27-50-26-36(46-40(50)24-45-39)37-16-12-21-49(37)3)23-38(33)52(48-29)22-10-8-6-4-5-7-9-13-30-14-11-15-34-35(30)25-51(43(34)56)32(28-53)18-20-41(54)44-2/h11,14-15,17,19,23-24,26-28,32,37H,4-8,10,12,16,18,20-22,25H2,1-3H3,(H,44,54)(H,47,55). The Labute approximate surface area is 326 Å². The zero-order valence-electron chi connectivity index (χ0n) is 32.4. The smallest absolute Gasteiger partial charge is 0.256 e. The molecular weight excluding hydrogens is 707 g/mol. The van der Waals surface area contributed by atoms with Crippen LogP contribution < -0.4 is 10.6 Å². The Balaban J connectivity index is 0.875. The number of rotatable bonds is 15. The molecule has 2 aliphatic rings. The van der Waals surface area contributed by atoms with Crippen molar-refractivity contribution in [2.45, 2.75) is 96.3 Å². The number of aryl methyl sites for hydroxylation is 2. The van der Waals surface area contributed by atoms with Gasteiger partial charge in [0.05, 0.1) is 41.4 Å². The SMILES string of the molecule is CNC(=O)CCC(C=O)N1Cc2c(C#CCCCCCCCn3nc(C)c4ccc(C(=O)Nc5cn6cc(C7CCCN7C)nc6cn5)cc43)cccc2C1=O. The van der Waals surface area contributed by atoms with Crippen LogP contribution in [0.2, 0.25) is 0 Å². The van der Waals surface area contributed by atoms with Crippen molar-refractivity contribution in [3.8, 4) is 11.8 Å². The van der Waals surface area contributed by atoms with E-state index in [9.17, 15) is 19.2 Å². The number of anilines is 1. The molecule has 13 nitrogen and oxygen atoms in total. The molecule has 0 aliphatic carbocycles. The van der Waals surface area contributed by atoms with Gasteiger partial charge in [0.2, 0.25) is 5.91 Å². The highest BCUT2D eigenvalue weighted by Gasteiger charge is 2.34. The Bertz CT molecular complexity index is 2330. The molecule has 1 saturated heterocycles. The summed E-state index contributed by atoms with van der Waals surface area (Å²) in [5.41, 5.74) is 6.44. The maximum absolute atomic E-state index is 13.4. The van der Waals surface area contributed by atoms with Crippen LogP contribution in [-0.4, -0.2) is 84.6 Å². The van der Waals surface area contributed by atoms with Gasteiger partial charge in [0.1, 0.15) is 12.1 Å². The molecule has 2 N–H and O–H groups in total. The number of fused-ring (bicyclic) bond motifs is 3. The van der Waals surface area contributed by atoms with Crippen LogP contribution in [0.15, 0.2) is 55.0 Å². The number of unbranched alkanes of at least 4 members (excludes halogenated alkanes) is 5. The van der Waals surface area contributed by atoms with Crippen LogP contribution in [0.5, 0.6) is 0 Å². The highest BCUT2D eigenvalue weighted by molar-refractivity contribution is 6.06. The van der Waals surface area contributed by atoms with E-state index in [1.54, 1.807) is 24.2 Å². The van der Waals surface area contributed by atoms with Crippen molar-refractivity contribution in [1.29, 1.82) is 0 Å². The molecule has 3 amide bonds. The van der Waals surface area contributed by atoms with Gasteiger partial charge in [0.15, 0.2) is 5.65 Å². The third-order valence-electron chi connectivity index (χ3n) is 11.1. The lowest BCUT2D eigenvalue weighted by Crippen LogP contribution is -2.37. The molecule has 0 bridgehead atoms. The predicted octanol–water partition coefficient (Wildman–Crippen LogP) is 5.85. The molecular formula is C43H49N9O4. The topological polar surface area (TPSA) is 147 Å². The van der Waals surface area contributed by atoms with E-state index in [-0.39, 0.29) is 30.6 Å². The summed E-state index contributed by atoms with van der Waals surface area (Å²) in [4.78, 5) is 63.1. The van der Waals surface area contributed by atoms with Gasteiger partial charge in [-0.1, -0.05) is 43.2 Å². The van der Waals surface area contributed by atoms with E-state index >= 15 is 0 Å². The van der Waals surface area contributed by atoms with Crippen LogP contribution in [0.25, 0.3) is 16.6 Å². The zero-order valence-corrected chi connectivity index (χ0v) is 32.4. The fourth-order valence-electron chi connectivity index (χ4n) is 7.87. The monoisotopic (exact) mass is 755 g/mol. The van der Waals surface area contributed by atoms with Crippen LogP contribution in [0, 0.1) is 18.8 Å². The molecule has 2 aromatic carbocycles. The van der Waals surface area contributed by atoms with Gasteiger partial charge < -0.3 is 24.7 Å². The molecule has 2 aliphatic heterocycles. The third kappa shape index (κ3) is 8.35. The fourth-order valence-corrected chi connectivity index (χ4v) is 7.87. The lowest BCUT2D eigenvalue weighted by molar-refractivity contribution is -0.121. The molecule has 3 aromatic heterocycles. The summed E-state index contributed by atoms with van der Waals surface area (Å²) in [6, 6.07) is 10.9. The summed E-state index contributed by atoms with van der Waals surface area (Å²) < 4.78 is 3.94. The number of carbonyl (C=O) groups excluding carboxylic acids is 4. The lowest BCUT2D eigenvalue weighted by Gasteiger charge is -2.22. The van der Waals surface area contributed by atoms with E-state index in [4.69, 9.17) is 10.1 Å². The number of aromatic nitrogens is 5. The van der Waals surface area contributed by atoms with E-state index in [1.807, 2.05) is 58.7 Å². The van der Waals surface area contributed by atoms with Crippen LogP contribution in [0.3, 0.4) is 0 Å². The fraction of sp³-hybridized carbons (Fsp3) is 0.419. The number of hydrogen-bond donors (Lipinski definition) is 2. The molecule has 0 saturated carbocycles. The van der Waals surface area contributed by atoms with Crippen molar-refractivity contribution in [1.82, 2.24) is 39.3 Å². The number of imidazole rings is 1. The van der Waals surface area contributed by atoms with E-state index in [1.165, 1.54) is 0 Å². The summed E-state index contributed by atoms with van der Waals surface area (Å²) in [7, 11) is 3.68. The Morgan fingerprint density at radius 3 is 2.73 bits per heavy atom. The lowest BCUT2D eigenvalue weighted by atomic mass is 10.0. The molecule has 0 spiro atoms. The van der Waals surface area contributed by atoms with Gasteiger partial charge in [-0.15, -0.1) is 0 Å². The second-order valence-corrected chi connectivity index (χ2v) is 14.8. The molecule has 2 unspecified atom stereocenters. The highest BCUT2D eigenvalue weighted by atomic mass is 16.2. The van der Waals surface area contributed by atoms with E-state index in [0.29, 0.717) is 29.5 Å². The number of aldehydes is 1. The van der Waals surface area contributed by atoms with Crippen molar-refractivity contribution in [2.24, 2.45) is 0 Å². The number of hydrogen-bond acceptors (Lipinski definition) is 8. The Morgan fingerprint density at radius 1 is 1.09 bits per heavy atom. The highest BCUT2D eigenvalue weighted by Crippen LogP contribution is 2.31. The Kier molecular flexibility index (Phi) is 11.9. The first kappa shape index (κ1) is 38.4.